The molecule has 0 aromatic heterocycles. The summed E-state index contributed by atoms with van der Waals surface area (Å²) in [6.45, 7) is 2.65. The Bertz CT molecular complexity index is 526. The Balaban J connectivity index is 1.46. The van der Waals surface area contributed by atoms with E-state index < -0.39 is 0 Å². The van der Waals surface area contributed by atoms with Crippen molar-refractivity contribution in [3.8, 4) is 0 Å². The van der Waals surface area contributed by atoms with E-state index in [2.05, 4.69) is 29.2 Å². The van der Waals surface area contributed by atoms with Crippen LogP contribution in [-0.4, -0.2) is 36.1 Å². The Kier molecular flexibility index (Phi) is 2.84. The van der Waals surface area contributed by atoms with E-state index in [0.29, 0.717) is 5.91 Å². The number of aryl methyl sites for hydroxylation is 1. The summed E-state index contributed by atoms with van der Waals surface area (Å²) in [5.41, 5.74) is 2.75. The van der Waals surface area contributed by atoms with Crippen molar-refractivity contribution in [3.63, 3.8) is 0 Å². The smallest absolute Gasteiger partial charge is 0.230 e. The number of benzene rings is 1. The molecule has 1 amide bonds. The van der Waals surface area contributed by atoms with E-state index in [-0.39, 0.29) is 11.5 Å². The molecule has 3 nitrogen and oxygen atoms in total. The van der Waals surface area contributed by atoms with Gasteiger partial charge in [0.05, 0.1) is 18.1 Å². The minimum absolute atomic E-state index is 0.0996. The normalized spacial score (nSPS) is 27.2. The Morgan fingerprint density at radius 2 is 1.95 bits per heavy atom. The van der Waals surface area contributed by atoms with Gasteiger partial charge in [-0.25, -0.2) is 0 Å². The molecule has 1 unspecified atom stereocenters. The molecule has 106 valence electrons. The third-order valence-electron chi connectivity index (χ3n) is 5.38. The average Bonchev–Trinajstić information content (AvgIpc) is 2.89. The standard InChI is InChI=1S/C17H21NO2/c19-16(15-6-5-13-3-1-2-4-14(13)15)18-10-7-17(8-11-18)9-12-20-17/h1-4,15H,5-12H2. The monoisotopic (exact) mass is 271 g/mol. The van der Waals surface area contributed by atoms with E-state index in [9.17, 15) is 4.79 Å². The topological polar surface area (TPSA) is 29.5 Å². The van der Waals surface area contributed by atoms with Gasteiger partial charge in [-0.15, -0.1) is 0 Å². The first-order chi connectivity index (χ1) is 9.77. The van der Waals surface area contributed by atoms with Crippen LogP contribution in [0.5, 0.6) is 0 Å². The highest BCUT2D eigenvalue weighted by Crippen LogP contribution is 2.39. The summed E-state index contributed by atoms with van der Waals surface area (Å²) in [6, 6.07) is 8.42. The molecule has 20 heavy (non-hydrogen) atoms. The van der Waals surface area contributed by atoms with Gasteiger partial charge in [-0.1, -0.05) is 24.3 Å². The molecule has 2 aliphatic heterocycles. The second kappa shape index (κ2) is 4.59. The van der Waals surface area contributed by atoms with Gasteiger partial charge < -0.3 is 9.64 Å². The lowest BCUT2D eigenvalue weighted by Gasteiger charge is -2.48. The first kappa shape index (κ1) is 12.4. The number of rotatable bonds is 1. The van der Waals surface area contributed by atoms with Crippen molar-refractivity contribution < 1.29 is 9.53 Å². The summed E-state index contributed by atoms with van der Waals surface area (Å²) in [4.78, 5) is 14.8. The third kappa shape index (κ3) is 1.87. The minimum Gasteiger partial charge on any atom is -0.375 e. The molecule has 3 aliphatic rings. The number of piperidine rings is 1. The van der Waals surface area contributed by atoms with E-state index in [1.54, 1.807) is 0 Å². The number of hydrogen-bond acceptors (Lipinski definition) is 2. The van der Waals surface area contributed by atoms with Gasteiger partial charge in [0.2, 0.25) is 5.91 Å². The maximum absolute atomic E-state index is 12.8. The van der Waals surface area contributed by atoms with Crippen molar-refractivity contribution in [1.29, 1.82) is 0 Å². The molecule has 4 rings (SSSR count). The molecule has 2 heterocycles. The maximum Gasteiger partial charge on any atom is 0.230 e. The lowest BCUT2D eigenvalue weighted by atomic mass is 9.84. The van der Waals surface area contributed by atoms with E-state index in [0.717, 1.165) is 45.4 Å². The molecular formula is C17H21NO2. The maximum atomic E-state index is 12.8. The number of carbonyl (C=O) groups excluding carboxylic acids is 1. The number of carbonyl (C=O) groups is 1. The molecule has 0 saturated carbocycles. The molecular weight excluding hydrogens is 250 g/mol. The van der Waals surface area contributed by atoms with Crippen molar-refractivity contribution in [2.24, 2.45) is 0 Å². The molecule has 1 spiro atoms. The van der Waals surface area contributed by atoms with Gasteiger partial charge in [-0.05, 0) is 43.2 Å². The van der Waals surface area contributed by atoms with E-state index in [4.69, 9.17) is 4.74 Å². The van der Waals surface area contributed by atoms with E-state index in [1.807, 2.05) is 0 Å². The van der Waals surface area contributed by atoms with Crippen molar-refractivity contribution in [1.82, 2.24) is 4.90 Å². The summed E-state index contributed by atoms with van der Waals surface area (Å²) < 4.78 is 5.73. The van der Waals surface area contributed by atoms with Crippen molar-refractivity contribution in [2.75, 3.05) is 19.7 Å². The average molecular weight is 271 g/mol. The highest BCUT2D eigenvalue weighted by Gasteiger charge is 2.43. The third-order valence-corrected chi connectivity index (χ3v) is 5.38. The molecule has 0 N–H and O–H groups in total. The van der Waals surface area contributed by atoms with E-state index in [1.165, 1.54) is 17.5 Å². The molecule has 0 radical (unpaired) electrons. The zero-order chi connectivity index (χ0) is 13.6. The van der Waals surface area contributed by atoms with Crippen LogP contribution in [0.25, 0.3) is 0 Å². The number of amides is 1. The SMILES string of the molecule is O=C(C1CCc2ccccc21)N1CCC2(CCO2)CC1. The number of likely N-dealkylation sites (tertiary alicyclic amines) is 1. The lowest BCUT2D eigenvalue weighted by Crippen LogP contribution is -2.54. The van der Waals surface area contributed by atoms with Crippen LogP contribution in [0.15, 0.2) is 24.3 Å². The molecule has 1 aromatic rings. The number of nitrogens with zero attached hydrogens (tertiary/aromatic N) is 1. The molecule has 1 aromatic carbocycles. The molecule has 0 bridgehead atoms. The summed E-state index contributed by atoms with van der Waals surface area (Å²) in [7, 11) is 0. The van der Waals surface area contributed by atoms with Crippen LogP contribution in [0.4, 0.5) is 0 Å². The van der Waals surface area contributed by atoms with E-state index >= 15 is 0 Å². The predicted octanol–water partition coefficient (Wildman–Crippen LogP) is 2.50. The molecule has 3 heteroatoms. The van der Waals surface area contributed by atoms with Crippen LogP contribution >= 0.6 is 0 Å². The summed E-state index contributed by atoms with van der Waals surface area (Å²) in [6.07, 6.45) is 5.26. The van der Waals surface area contributed by atoms with Gasteiger partial charge in [0.15, 0.2) is 0 Å². The fourth-order valence-electron chi connectivity index (χ4n) is 3.95. The van der Waals surface area contributed by atoms with Crippen LogP contribution in [0, 0.1) is 0 Å². The first-order valence-corrected chi connectivity index (χ1v) is 7.78. The summed E-state index contributed by atoms with van der Waals surface area (Å²) in [5, 5.41) is 0. The van der Waals surface area contributed by atoms with Crippen molar-refractivity contribution in [2.45, 2.75) is 43.6 Å². The Hall–Kier alpha value is -1.35. The predicted molar refractivity (Wildman–Crippen MR) is 76.6 cm³/mol. The molecule has 2 fully saturated rings. The van der Waals surface area contributed by atoms with Crippen LogP contribution in [0.1, 0.15) is 42.7 Å². The molecule has 2 saturated heterocycles. The number of fused-ring (bicyclic) bond motifs is 1. The van der Waals surface area contributed by atoms with Crippen molar-refractivity contribution >= 4 is 5.91 Å². The second-order valence-corrected chi connectivity index (χ2v) is 6.40. The number of hydrogen-bond donors (Lipinski definition) is 0. The van der Waals surface area contributed by atoms with Crippen LogP contribution in [-0.2, 0) is 16.0 Å². The number of ether oxygens (including phenoxy) is 1. The molecule has 1 atom stereocenters. The first-order valence-electron chi connectivity index (χ1n) is 7.78. The second-order valence-electron chi connectivity index (χ2n) is 6.40. The zero-order valence-electron chi connectivity index (χ0n) is 11.8. The van der Waals surface area contributed by atoms with Crippen LogP contribution in [0.3, 0.4) is 0 Å². The Labute approximate surface area is 119 Å². The summed E-state index contributed by atoms with van der Waals surface area (Å²) in [5.74, 6) is 0.437. The van der Waals surface area contributed by atoms with Gasteiger partial charge in [0.1, 0.15) is 0 Å². The largest absolute Gasteiger partial charge is 0.375 e. The van der Waals surface area contributed by atoms with Gasteiger partial charge in [-0.3, -0.25) is 4.79 Å². The van der Waals surface area contributed by atoms with Gasteiger partial charge in [-0.2, -0.15) is 0 Å². The van der Waals surface area contributed by atoms with Gasteiger partial charge >= 0.3 is 0 Å². The van der Waals surface area contributed by atoms with Gasteiger partial charge in [0.25, 0.3) is 0 Å². The fraction of sp³-hybridized carbons (Fsp3) is 0.588. The highest BCUT2D eigenvalue weighted by molar-refractivity contribution is 5.85. The highest BCUT2D eigenvalue weighted by atomic mass is 16.5. The minimum atomic E-state index is 0.0996. The fourth-order valence-corrected chi connectivity index (χ4v) is 3.95. The Morgan fingerprint density at radius 1 is 1.20 bits per heavy atom. The van der Waals surface area contributed by atoms with Crippen LogP contribution in [0.2, 0.25) is 0 Å². The van der Waals surface area contributed by atoms with Crippen molar-refractivity contribution in [3.05, 3.63) is 35.4 Å². The quantitative estimate of drug-likeness (QED) is 0.785. The zero-order valence-corrected chi connectivity index (χ0v) is 11.8. The van der Waals surface area contributed by atoms with Crippen LogP contribution < -0.4 is 0 Å². The summed E-state index contributed by atoms with van der Waals surface area (Å²) >= 11 is 0. The molecule has 1 aliphatic carbocycles. The Morgan fingerprint density at radius 3 is 2.65 bits per heavy atom. The lowest BCUT2D eigenvalue weighted by molar-refractivity contribution is -0.176. The van der Waals surface area contributed by atoms with Gasteiger partial charge in [0, 0.05) is 13.1 Å².